The number of amides is 2. The fourth-order valence-electron chi connectivity index (χ4n) is 6.08. The van der Waals surface area contributed by atoms with Crippen molar-refractivity contribution >= 4 is 12.0 Å². The standard InChI is InChI=1S/C23H32N2O3/c1-16-11-18-9-6-10-19(12-16)23(18,17-7-4-3-5-8-17)13-21(26)25-14-20(15-25)28-22(27)24-2/h3-5,7-8,16,18-20H,6,9-15H2,1-2H3,(H,24,27)/t16-,18?,19?,23-. The zero-order valence-electron chi connectivity index (χ0n) is 17.0. The molecule has 1 aromatic carbocycles. The molecule has 0 aromatic heterocycles. The zero-order valence-corrected chi connectivity index (χ0v) is 17.0. The van der Waals surface area contributed by atoms with Gasteiger partial charge in [0, 0.05) is 18.9 Å². The molecule has 1 aliphatic heterocycles. The first-order valence-corrected chi connectivity index (χ1v) is 10.7. The zero-order chi connectivity index (χ0) is 19.7. The molecule has 0 radical (unpaired) electrons. The van der Waals surface area contributed by atoms with E-state index in [-0.39, 0.29) is 17.4 Å². The highest BCUT2D eigenvalue weighted by Gasteiger charge is 2.53. The lowest BCUT2D eigenvalue weighted by molar-refractivity contribution is -0.146. The van der Waals surface area contributed by atoms with E-state index < -0.39 is 6.09 Å². The second-order valence-corrected chi connectivity index (χ2v) is 9.06. The van der Waals surface area contributed by atoms with E-state index in [0.717, 1.165) is 5.92 Å². The topological polar surface area (TPSA) is 58.6 Å². The maximum Gasteiger partial charge on any atom is 0.407 e. The first-order valence-electron chi connectivity index (χ1n) is 10.7. The van der Waals surface area contributed by atoms with Crippen LogP contribution >= 0.6 is 0 Å². The van der Waals surface area contributed by atoms with Gasteiger partial charge in [-0.2, -0.15) is 0 Å². The van der Waals surface area contributed by atoms with Gasteiger partial charge in [-0.25, -0.2) is 4.79 Å². The van der Waals surface area contributed by atoms with Gasteiger partial charge in [0.1, 0.15) is 6.10 Å². The Morgan fingerprint density at radius 1 is 1.14 bits per heavy atom. The Kier molecular flexibility index (Phi) is 5.35. The summed E-state index contributed by atoms with van der Waals surface area (Å²) >= 11 is 0. The Bertz CT molecular complexity index is 700. The first kappa shape index (κ1) is 19.3. The molecule has 1 aromatic rings. The molecule has 1 heterocycles. The number of nitrogens with one attached hydrogen (secondary N) is 1. The smallest absolute Gasteiger partial charge is 0.407 e. The molecule has 0 spiro atoms. The van der Waals surface area contributed by atoms with Crippen molar-refractivity contribution in [2.24, 2.45) is 17.8 Å². The highest BCUT2D eigenvalue weighted by Crippen LogP contribution is 2.57. The lowest BCUT2D eigenvalue weighted by Gasteiger charge is -2.56. The van der Waals surface area contributed by atoms with E-state index in [1.807, 2.05) is 4.90 Å². The Balaban J connectivity index is 1.53. The molecule has 5 nitrogen and oxygen atoms in total. The number of ether oxygens (including phenoxy) is 1. The minimum absolute atomic E-state index is 0.0319. The average Bonchev–Trinajstić information content (AvgIpc) is 2.65. The molecule has 2 bridgehead atoms. The molecule has 5 heteroatoms. The van der Waals surface area contributed by atoms with E-state index >= 15 is 0 Å². The van der Waals surface area contributed by atoms with Crippen molar-refractivity contribution in [3.8, 4) is 0 Å². The minimum Gasteiger partial charge on any atom is -0.442 e. The third kappa shape index (κ3) is 3.40. The maximum absolute atomic E-state index is 13.3. The summed E-state index contributed by atoms with van der Waals surface area (Å²) in [5, 5.41) is 2.47. The second-order valence-electron chi connectivity index (χ2n) is 9.06. The monoisotopic (exact) mass is 384 g/mol. The summed E-state index contributed by atoms with van der Waals surface area (Å²) in [6, 6.07) is 10.8. The van der Waals surface area contributed by atoms with Crippen molar-refractivity contribution < 1.29 is 14.3 Å². The molecule has 3 aliphatic rings. The molecule has 1 saturated heterocycles. The first-order chi connectivity index (χ1) is 13.5. The van der Waals surface area contributed by atoms with Gasteiger partial charge in [-0.1, -0.05) is 43.7 Å². The molecule has 2 amide bonds. The van der Waals surface area contributed by atoms with Crippen molar-refractivity contribution in [3.63, 3.8) is 0 Å². The molecule has 2 aliphatic carbocycles. The van der Waals surface area contributed by atoms with Crippen LogP contribution in [0.1, 0.15) is 51.0 Å². The van der Waals surface area contributed by atoms with E-state index in [9.17, 15) is 9.59 Å². The van der Waals surface area contributed by atoms with Crippen LogP contribution in [-0.2, 0) is 14.9 Å². The number of benzene rings is 1. The summed E-state index contributed by atoms with van der Waals surface area (Å²) < 4.78 is 5.26. The Morgan fingerprint density at radius 2 is 1.79 bits per heavy atom. The molecule has 28 heavy (non-hydrogen) atoms. The van der Waals surface area contributed by atoms with E-state index in [0.29, 0.717) is 31.3 Å². The second kappa shape index (κ2) is 7.76. The van der Waals surface area contributed by atoms with Gasteiger partial charge in [-0.15, -0.1) is 0 Å². The van der Waals surface area contributed by atoms with Gasteiger partial charge in [-0.05, 0) is 49.0 Å². The molecule has 2 unspecified atom stereocenters. The van der Waals surface area contributed by atoms with Crippen LogP contribution in [0.2, 0.25) is 0 Å². The normalized spacial score (nSPS) is 32.4. The van der Waals surface area contributed by atoms with E-state index in [2.05, 4.69) is 42.6 Å². The Labute approximate surface area is 167 Å². The molecule has 1 N–H and O–H groups in total. The quantitative estimate of drug-likeness (QED) is 0.861. The Morgan fingerprint density at radius 3 is 2.39 bits per heavy atom. The molecule has 2 atom stereocenters. The number of likely N-dealkylation sites (tertiary alicyclic amines) is 1. The third-order valence-corrected chi connectivity index (χ3v) is 7.37. The summed E-state index contributed by atoms with van der Waals surface area (Å²) in [7, 11) is 1.55. The number of carbonyl (C=O) groups excluding carboxylic acids is 2. The predicted octanol–water partition coefficient (Wildman–Crippen LogP) is 3.73. The molecule has 2 saturated carbocycles. The van der Waals surface area contributed by atoms with E-state index in [4.69, 9.17) is 4.74 Å². The van der Waals surface area contributed by atoms with Gasteiger partial charge in [0.15, 0.2) is 0 Å². The highest BCUT2D eigenvalue weighted by molar-refractivity contribution is 5.79. The van der Waals surface area contributed by atoms with Crippen molar-refractivity contribution in [2.45, 2.75) is 57.0 Å². The number of fused-ring (bicyclic) bond motifs is 2. The molecular weight excluding hydrogens is 352 g/mol. The van der Waals surface area contributed by atoms with E-state index in [1.165, 1.54) is 37.7 Å². The van der Waals surface area contributed by atoms with Crippen LogP contribution in [0.3, 0.4) is 0 Å². The number of nitrogens with zero attached hydrogens (tertiary/aromatic N) is 1. The van der Waals surface area contributed by atoms with E-state index in [1.54, 1.807) is 7.05 Å². The predicted molar refractivity (Wildman–Crippen MR) is 108 cm³/mol. The average molecular weight is 385 g/mol. The molecule has 152 valence electrons. The number of alkyl carbamates (subject to hydrolysis) is 1. The van der Waals surface area contributed by atoms with Crippen LogP contribution in [0.25, 0.3) is 0 Å². The fourth-order valence-corrected chi connectivity index (χ4v) is 6.08. The summed E-state index contributed by atoms with van der Waals surface area (Å²) in [4.78, 5) is 26.5. The van der Waals surface area contributed by atoms with Crippen LogP contribution in [-0.4, -0.2) is 43.1 Å². The number of rotatable bonds is 4. The van der Waals surface area contributed by atoms with Gasteiger partial charge < -0.3 is 15.0 Å². The largest absolute Gasteiger partial charge is 0.442 e. The van der Waals surface area contributed by atoms with Crippen molar-refractivity contribution in [2.75, 3.05) is 20.1 Å². The molecule has 3 fully saturated rings. The van der Waals surface area contributed by atoms with Gasteiger partial charge in [-0.3, -0.25) is 4.79 Å². The highest BCUT2D eigenvalue weighted by atomic mass is 16.6. The van der Waals surface area contributed by atoms with Crippen LogP contribution in [0.5, 0.6) is 0 Å². The van der Waals surface area contributed by atoms with Crippen LogP contribution in [0.4, 0.5) is 4.79 Å². The maximum atomic E-state index is 13.3. The third-order valence-electron chi connectivity index (χ3n) is 7.37. The van der Waals surface area contributed by atoms with Gasteiger partial charge in [0.25, 0.3) is 0 Å². The summed E-state index contributed by atoms with van der Waals surface area (Å²) in [6.07, 6.45) is 6.18. The lowest BCUT2D eigenvalue weighted by atomic mass is 9.49. The lowest BCUT2D eigenvalue weighted by Crippen LogP contribution is -2.59. The van der Waals surface area contributed by atoms with Gasteiger partial charge in [0.05, 0.1) is 13.1 Å². The summed E-state index contributed by atoms with van der Waals surface area (Å²) in [5.41, 5.74) is 1.32. The van der Waals surface area contributed by atoms with Crippen LogP contribution < -0.4 is 5.32 Å². The summed E-state index contributed by atoms with van der Waals surface area (Å²) in [6.45, 7) is 3.41. The van der Waals surface area contributed by atoms with Crippen molar-refractivity contribution in [3.05, 3.63) is 35.9 Å². The SMILES string of the molecule is CNC(=O)OC1CN(C(=O)C[C@]2(c3ccccc3)C3CCCC2C[C@@H](C)C3)C1. The molecular formula is C23H32N2O3. The minimum atomic E-state index is -0.423. The molecule has 4 rings (SSSR count). The van der Waals surface area contributed by atoms with Gasteiger partial charge in [0.2, 0.25) is 5.91 Å². The van der Waals surface area contributed by atoms with Crippen LogP contribution in [0, 0.1) is 17.8 Å². The fraction of sp³-hybridized carbons (Fsp3) is 0.652. The van der Waals surface area contributed by atoms with Crippen molar-refractivity contribution in [1.82, 2.24) is 10.2 Å². The van der Waals surface area contributed by atoms with Crippen LogP contribution in [0.15, 0.2) is 30.3 Å². The number of hydrogen-bond donors (Lipinski definition) is 1. The van der Waals surface area contributed by atoms with Gasteiger partial charge >= 0.3 is 6.09 Å². The Hall–Kier alpha value is -2.04. The summed E-state index contributed by atoms with van der Waals surface area (Å²) in [5.74, 6) is 2.13. The number of carbonyl (C=O) groups is 2. The number of hydrogen-bond acceptors (Lipinski definition) is 3. The van der Waals surface area contributed by atoms with Crippen molar-refractivity contribution in [1.29, 1.82) is 0 Å².